The summed E-state index contributed by atoms with van der Waals surface area (Å²) in [5.74, 6) is -0.332. The number of rotatable bonds is 3. The van der Waals surface area contributed by atoms with Crippen molar-refractivity contribution in [3.05, 3.63) is 29.8 Å². The minimum Gasteiger partial charge on any atom is -0.444 e. The van der Waals surface area contributed by atoms with Crippen LogP contribution in [0.4, 0.5) is 10.5 Å². The average molecular weight is 332 g/mol. The molecule has 2 amide bonds. The van der Waals surface area contributed by atoms with Gasteiger partial charge in [0.1, 0.15) is 11.6 Å². The van der Waals surface area contributed by atoms with Crippen LogP contribution >= 0.6 is 0 Å². The Morgan fingerprint density at radius 2 is 1.96 bits per heavy atom. The summed E-state index contributed by atoms with van der Waals surface area (Å²) in [6.07, 6.45) is 0.875. The summed E-state index contributed by atoms with van der Waals surface area (Å²) >= 11 is 0. The number of benzene rings is 1. The van der Waals surface area contributed by atoms with Gasteiger partial charge in [0.15, 0.2) is 5.78 Å². The normalized spacial score (nSPS) is 17.5. The van der Waals surface area contributed by atoms with Gasteiger partial charge in [0.2, 0.25) is 5.91 Å². The standard InChI is InChI=1S/C18H24N2O4/c1-12(21)13-7-5-8-14(11-13)19-16(22)15-9-6-10-20(15)17(23)24-18(2,3)4/h5,7-8,11,15H,6,9-10H2,1-4H3,(H,19,22)/t15-/m0/s1. The highest BCUT2D eigenvalue weighted by molar-refractivity contribution is 5.99. The van der Waals surface area contributed by atoms with Gasteiger partial charge in [-0.15, -0.1) is 0 Å². The molecular weight excluding hydrogens is 308 g/mol. The number of Topliss-reactive ketones (excluding diaryl/α,β-unsaturated/α-hetero) is 1. The van der Waals surface area contributed by atoms with Crippen LogP contribution in [0, 0.1) is 0 Å². The summed E-state index contributed by atoms with van der Waals surface area (Å²) in [7, 11) is 0. The predicted octanol–water partition coefficient (Wildman–Crippen LogP) is 3.23. The largest absolute Gasteiger partial charge is 0.444 e. The van der Waals surface area contributed by atoms with Crippen LogP contribution < -0.4 is 5.32 Å². The lowest BCUT2D eigenvalue weighted by Gasteiger charge is -2.28. The molecule has 1 atom stereocenters. The fraction of sp³-hybridized carbons (Fsp3) is 0.500. The summed E-state index contributed by atoms with van der Waals surface area (Å²) in [5, 5.41) is 2.79. The Morgan fingerprint density at radius 3 is 2.58 bits per heavy atom. The van der Waals surface area contributed by atoms with E-state index in [0.717, 1.165) is 6.42 Å². The molecule has 1 heterocycles. The van der Waals surface area contributed by atoms with E-state index in [2.05, 4.69) is 5.32 Å². The number of carbonyl (C=O) groups excluding carboxylic acids is 3. The summed E-state index contributed by atoms with van der Waals surface area (Å²) in [6, 6.07) is 6.21. The zero-order valence-corrected chi connectivity index (χ0v) is 14.6. The van der Waals surface area contributed by atoms with E-state index in [1.54, 1.807) is 45.0 Å². The van der Waals surface area contributed by atoms with Crippen LogP contribution in [0.15, 0.2) is 24.3 Å². The zero-order chi connectivity index (χ0) is 17.9. The fourth-order valence-electron chi connectivity index (χ4n) is 2.62. The summed E-state index contributed by atoms with van der Waals surface area (Å²) in [4.78, 5) is 37.7. The van der Waals surface area contributed by atoms with Crippen molar-refractivity contribution in [1.82, 2.24) is 4.90 Å². The van der Waals surface area contributed by atoms with Crippen molar-refractivity contribution in [2.75, 3.05) is 11.9 Å². The maximum absolute atomic E-state index is 12.5. The molecule has 130 valence electrons. The number of carbonyl (C=O) groups is 3. The highest BCUT2D eigenvalue weighted by Crippen LogP contribution is 2.22. The van der Waals surface area contributed by atoms with Crippen LogP contribution in [0.5, 0.6) is 0 Å². The monoisotopic (exact) mass is 332 g/mol. The Morgan fingerprint density at radius 1 is 1.25 bits per heavy atom. The quantitative estimate of drug-likeness (QED) is 0.862. The lowest BCUT2D eigenvalue weighted by molar-refractivity contribution is -0.120. The predicted molar refractivity (Wildman–Crippen MR) is 91.0 cm³/mol. The molecule has 1 fully saturated rings. The maximum atomic E-state index is 12.5. The van der Waals surface area contributed by atoms with E-state index in [0.29, 0.717) is 24.2 Å². The topological polar surface area (TPSA) is 75.7 Å². The molecule has 6 heteroatoms. The first-order valence-corrected chi connectivity index (χ1v) is 8.09. The van der Waals surface area contributed by atoms with Gasteiger partial charge in [-0.05, 0) is 52.7 Å². The second-order valence-corrected chi connectivity index (χ2v) is 6.96. The van der Waals surface area contributed by atoms with Crippen LogP contribution in [0.2, 0.25) is 0 Å². The van der Waals surface area contributed by atoms with Gasteiger partial charge in [0.05, 0.1) is 0 Å². The molecule has 1 aromatic carbocycles. The van der Waals surface area contributed by atoms with E-state index < -0.39 is 17.7 Å². The lowest BCUT2D eigenvalue weighted by atomic mass is 10.1. The highest BCUT2D eigenvalue weighted by atomic mass is 16.6. The van der Waals surface area contributed by atoms with Crippen molar-refractivity contribution in [1.29, 1.82) is 0 Å². The van der Waals surface area contributed by atoms with Gasteiger partial charge in [-0.1, -0.05) is 12.1 Å². The van der Waals surface area contributed by atoms with E-state index in [-0.39, 0.29) is 11.7 Å². The fourth-order valence-corrected chi connectivity index (χ4v) is 2.62. The second kappa shape index (κ2) is 7.03. The van der Waals surface area contributed by atoms with Crippen molar-refractivity contribution in [2.24, 2.45) is 0 Å². The Balaban J connectivity index is 2.07. The van der Waals surface area contributed by atoms with Gasteiger partial charge in [-0.2, -0.15) is 0 Å². The van der Waals surface area contributed by atoms with E-state index >= 15 is 0 Å². The van der Waals surface area contributed by atoms with Crippen LogP contribution in [-0.2, 0) is 9.53 Å². The summed E-state index contributed by atoms with van der Waals surface area (Å²) in [6.45, 7) is 7.36. The van der Waals surface area contributed by atoms with Crippen LogP contribution in [0.1, 0.15) is 50.9 Å². The Hall–Kier alpha value is -2.37. The molecule has 1 saturated heterocycles. The van der Waals surface area contributed by atoms with E-state index in [9.17, 15) is 14.4 Å². The van der Waals surface area contributed by atoms with Gasteiger partial charge in [0.25, 0.3) is 0 Å². The number of nitrogens with zero attached hydrogens (tertiary/aromatic N) is 1. The van der Waals surface area contributed by atoms with E-state index in [1.165, 1.54) is 11.8 Å². The number of anilines is 1. The Bertz CT molecular complexity index is 649. The first-order valence-electron chi connectivity index (χ1n) is 8.09. The third kappa shape index (κ3) is 4.57. The van der Waals surface area contributed by atoms with Crippen molar-refractivity contribution >= 4 is 23.5 Å². The third-order valence-electron chi connectivity index (χ3n) is 3.72. The molecule has 24 heavy (non-hydrogen) atoms. The molecule has 0 bridgehead atoms. The number of likely N-dealkylation sites (tertiary alicyclic amines) is 1. The maximum Gasteiger partial charge on any atom is 0.410 e. The number of hydrogen-bond acceptors (Lipinski definition) is 4. The minimum atomic E-state index is -0.601. The number of ether oxygens (including phenoxy) is 1. The first-order chi connectivity index (χ1) is 11.2. The molecular formula is C18H24N2O4. The van der Waals surface area contributed by atoms with E-state index in [4.69, 9.17) is 4.74 Å². The third-order valence-corrected chi connectivity index (χ3v) is 3.72. The number of hydrogen-bond donors (Lipinski definition) is 1. The smallest absolute Gasteiger partial charge is 0.410 e. The Labute approximate surface area is 142 Å². The van der Waals surface area contributed by atoms with Crippen LogP contribution in [0.3, 0.4) is 0 Å². The van der Waals surface area contributed by atoms with Crippen LogP contribution in [-0.4, -0.2) is 40.9 Å². The zero-order valence-electron chi connectivity index (χ0n) is 14.6. The molecule has 1 aromatic rings. The van der Waals surface area contributed by atoms with Gasteiger partial charge < -0.3 is 10.1 Å². The van der Waals surface area contributed by atoms with Crippen molar-refractivity contribution < 1.29 is 19.1 Å². The van der Waals surface area contributed by atoms with Crippen molar-refractivity contribution in [3.8, 4) is 0 Å². The van der Waals surface area contributed by atoms with Crippen LogP contribution in [0.25, 0.3) is 0 Å². The number of ketones is 1. The van der Waals surface area contributed by atoms with Gasteiger partial charge in [-0.3, -0.25) is 14.5 Å². The number of nitrogens with one attached hydrogen (secondary N) is 1. The molecule has 1 aliphatic rings. The molecule has 1 N–H and O–H groups in total. The molecule has 0 radical (unpaired) electrons. The second-order valence-electron chi connectivity index (χ2n) is 6.96. The van der Waals surface area contributed by atoms with Gasteiger partial charge in [0, 0.05) is 17.8 Å². The average Bonchev–Trinajstić information content (AvgIpc) is 2.95. The molecule has 0 aliphatic carbocycles. The summed E-state index contributed by atoms with van der Waals surface area (Å²) < 4.78 is 5.37. The molecule has 0 unspecified atom stereocenters. The molecule has 6 nitrogen and oxygen atoms in total. The van der Waals surface area contributed by atoms with Crippen molar-refractivity contribution in [2.45, 2.75) is 52.2 Å². The molecule has 0 aromatic heterocycles. The summed E-state index contributed by atoms with van der Waals surface area (Å²) in [5.41, 5.74) is 0.475. The van der Waals surface area contributed by atoms with Gasteiger partial charge >= 0.3 is 6.09 Å². The van der Waals surface area contributed by atoms with E-state index in [1.807, 2.05) is 0 Å². The van der Waals surface area contributed by atoms with Crippen molar-refractivity contribution in [3.63, 3.8) is 0 Å². The number of amides is 2. The molecule has 2 rings (SSSR count). The first kappa shape index (κ1) is 18.0. The van der Waals surface area contributed by atoms with Gasteiger partial charge in [-0.25, -0.2) is 4.79 Å². The molecule has 0 saturated carbocycles. The molecule has 0 spiro atoms. The lowest BCUT2D eigenvalue weighted by Crippen LogP contribution is -2.45. The minimum absolute atomic E-state index is 0.0673. The highest BCUT2D eigenvalue weighted by Gasteiger charge is 2.36. The SMILES string of the molecule is CC(=O)c1cccc(NC(=O)[C@@H]2CCCN2C(=O)OC(C)(C)C)c1. The Kier molecular flexibility index (Phi) is 5.26. The molecule has 1 aliphatic heterocycles.